The van der Waals surface area contributed by atoms with Crippen LogP contribution in [0.4, 0.5) is 26.7 Å². The molecule has 0 spiro atoms. The number of carbonyl (C=O) groups is 11. The van der Waals surface area contributed by atoms with Crippen molar-refractivity contribution in [1.82, 2.24) is 31.9 Å². The lowest BCUT2D eigenvalue weighted by atomic mass is 9.49. The van der Waals surface area contributed by atoms with Crippen LogP contribution in [-0.4, -0.2) is 160 Å². The second-order valence-electron chi connectivity index (χ2n) is 32.2. The summed E-state index contributed by atoms with van der Waals surface area (Å²) in [5.41, 5.74) is 11.4. The Balaban J connectivity index is 0.617. The Morgan fingerprint density at radius 2 is 1.11 bits per heavy atom. The number of benzene rings is 5. The van der Waals surface area contributed by atoms with Gasteiger partial charge in [-0.25, -0.2) is 9.59 Å². The molecular formula is C88H112N10O18. The SMILES string of the molecule is CC(C)[C@H](NC(=O)CCOCCOCCOCCOCCNC(=O)CCC(=O)N1Cc2ccccc2C#Cc2ccccc21)C(=O)N[C@@H](CCCNC(N)=O)C(=O)Nc1ccc(COC(=O)N[C@@H](CCC(=O)O)C(=O)Nc2ccc3c(c2)[C@@]2(C)CCC[C@](C)(C(=O)NC(=O)[C@@]4(C)CCC[C@]5(C)c6cc(O)ccc6CC[C@@H]45)C2CC3)cc1. The minimum Gasteiger partial charge on any atom is -0.508 e. The summed E-state index contributed by atoms with van der Waals surface area (Å²) in [5, 5.41) is 42.2. The van der Waals surface area contributed by atoms with Crippen LogP contribution in [0.25, 0.3) is 0 Å². The minimum absolute atomic E-state index is 0.0214. The number of phenolic OH excluding ortho intramolecular Hbond substituents is 1. The number of fused-ring (bicyclic) bond motifs is 8. The third-order valence-electron chi connectivity index (χ3n) is 23.8. The molecule has 5 aromatic carbocycles. The number of aromatic hydroxyl groups is 1. The maximum absolute atomic E-state index is 14.9. The molecule has 2 saturated carbocycles. The number of nitrogens with zero attached hydrogens (tertiary/aromatic N) is 1. The monoisotopic (exact) mass is 1600 g/mol. The predicted octanol–water partition coefficient (Wildman–Crippen LogP) is 9.17. The summed E-state index contributed by atoms with van der Waals surface area (Å²) in [4.78, 5) is 149. The first-order valence-electron chi connectivity index (χ1n) is 40.5. The van der Waals surface area contributed by atoms with Gasteiger partial charge in [-0.2, -0.15) is 0 Å². The van der Waals surface area contributed by atoms with E-state index in [1.54, 1.807) is 55.1 Å². The smallest absolute Gasteiger partial charge is 0.408 e. The van der Waals surface area contributed by atoms with E-state index in [-0.39, 0.29) is 151 Å². The Kier molecular flexibility index (Phi) is 30.8. The molecule has 12 N–H and O–H groups in total. The van der Waals surface area contributed by atoms with Crippen LogP contribution in [0.5, 0.6) is 5.75 Å². The number of nitrogens with two attached hydrogens (primary N) is 1. The number of aryl methyl sites for hydroxylation is 2. The minimum atomic E-state index is -1.34. The summed E-state index contributed by atoms with van der Waals surface area (Å²) >= 11 is 0. The van der Waals surface area contributed by atoms with Gasteiger partial charge in [-0.05, 0) is 187 Å². The van der Waals surface area contributed by atoms with E-state index < -0.39 is 88.4 Å². The van der Waals surface area contributed by atoms with Crippen molar-refractivity contribution in [1.29, 1.82) is 0 Å². The molecule has 2 fully saturated rings. The van der Waals surface area contributed by atoms with Crippen LogP contribution in [0.15, 0.2) is 109 Å². The van der Waals surface area contributed by atoms with Gasteiger partial charge in [0.25, 0.3) is 0 Å². The number of carboxylic acids is 1. The van der Waals surface area contributed by atoms with Gasteiger partial charge in [0.15, 0.2) is 0 Å². The van der Waals surface area contributed by atoms with Crippen molar-refractivity contribution in [2.75, 3.05) is 81.5 Å². The van der Waals surface area contributed by atoms with Gasteiger partial charge in [-0.15, -0.1) is 0 Å². The molecular weight excluding hydrogens is 1490 g/mol. The van der Waals surface area contributed by atoms with E-state index in [4.69, 9.17) is 29.4 Å². The van der Waals surface area contributed by atoms with Crippen LogP contribution in [0.2, 0.25) is 0 Å². The van der Waals surface area contributed by atoms with Gasteiger partial charge in [0.1, 0.15) is 30.5 Å². The summed E-state index contributed by atoms with van der Waals surface area (Å²) in [5.74, 6) is 1.42. The maximum Gasteiger partial charge on any atom is 0.408 e. The first-order valence-corrected chi connectivity index (χ1v) is 40.5. The number of carbonyl (C=O) groups excluding carboxylic acids is 10. The molecule has 0 saturated heterocycles. The lowest BCUT2D eigenvalue weighted by molar-refractivity contribution is -0.150. The van der Waals surface area contributed by atoms with Crippen LogP contribution in [0.3, 0.4) is 0 Å². The molecule has 4 aliphatic carbocycles. The van der Waals surface area contributed by atoms with Crippen molar-refractivity contribution in [2.24, 2.45) is 34.3 Å². The molecule has 11 amide bonds. The fourth-order valence-corrected chi connectivity index (χ4v) is 17.6. The highest BCUT2D eigenvalue weighted by Crippen LogP contribution is 2.60. The van der Waals surface area contributed by atoms with E-state index >= 15 is 0 Å². The summed E-state index contributed by atoms with van der Waals surface area (Å²) in [6.07, 6.45) is 5.86. The Morgan fingerprint density at radius 1 is 0.552 bits per heavy atom. The van der Waals surface area contributed by atoms with Gasteiger partial charge in [-0.3, -0.25) is 48.5 Å². The number of primary amides is 1. The van der Waals surface area contributed by atoms with Crippen molar-refractivity contribution in [2.45, 2.75) is 193 Å². The standard InChI is InChI=1S/C88H112N10O18/c1-56(2)77(96-74(101)37-44-112-46-48-114-50-51-115-49-47-113-45-43-90-73(100)34-35-75(102)98-54-62-16-8-7-14-58(62)21-22-61-15-9-10-18-70(61)98)80(107)94-68(17-11-42-91-83(89)110)78(105)92-63-27-19-57(20-28-63)55-116-84(111)95-69(31-36-76(103)104)79(106)93-64-29-23-59-25-32-71-85(3,66(59)52-64)38-12-40-87(71,5)81(108)97-82(109)88(6)41-13-39-86(4)67-53-65(99)30-24-60(67)26-33-72(86)88/h7-10,14-16,18-20,23-24,27-30,52-53,56,68-69,71-72,77,99H,11-13,17,25-26,31-51,54-55H2,1-6H3,(H,90,100)(H,92,105)(H,93,106)(H,94,107)(H,95,111)(H,96,101)(H,103,104)(H3,89,91,110)(H,97,108,109)/t68-,69-,71?,72+,77-,85+,86+,87-,88-/m0/s1. The van der Waals surface area contributed by atoms with E-state index in [1.807, 2.05) is 86.6 Å². The van der Waals surface area contributed by atoms with E-state index in [0.717, 1.165) is 65.5 Å². The molecule has 9 atom stereocenters. The highest BCUT2D eigenvalue weighted by Gasteiger charge is 2.59. The molecule has 0 bridgehead atoms. The third-order valence-corrected chi connectivity index (χ3v) is 23.8. The average molecular weight is 1600 g/mol. The molecule has 0 aromatic heterocycles. The van der Waals surface area contributed by atoms with E-state index in [2.05, 4.69) is 68.2 Å². The summed E-state index contributed by atoms with van der Waals surface area (Å²) < 4.78 is 27.9. The number of imide groups is 1. The highest BCUT2D eigenvalue weighted by molar-refractivity contribution is 6.02. The van der Waals surface area contributed by atoms with Crippen LogP contribution in [-0.2, 0) is 104 Å². The zero-order valence-corrected chi connectivity index (χ0v) is 67.3. The molecule has 28 nitrogen and oxygen atoms in total. The number of phenols is 1. The molecule has 116 heavy (non-hydrogen) atoms. The van der Waals surface area contributed by atoms with E-state index in [1.165, 1.54) is 5.56 Å². The normalized spacial score (nSPS) is 20.9. The topological polar surface area (TPSA) is 400 Å². The maximum atomic E-state index is 14.9. The predicted molar refractivity (Wildman–Crippen MR) is 433 cm³/mol. The molecule has 1 heterocycles. The fourth-order valence-electron chi connectivity index (χ4n) is 17.6. The molecule has 1 aliphatic heterocycles. The number of hydrogen-bond donors (Lipinski definition) is 11. The first kappa shape index (κ1) is 87.7. The Hall–Kier alpha value is -10.7. The Labute approximate surface area is 677 Å². The Morgan fingerprint density at radius 3 is 1.74 bits per heavy atom. The van der Waals surface area contributed by atoms with E-state index in [9.17, 15) is 63.0 Å². The van der Waals surface area contributed by atoms with Gasteiger partial charge in [0.05, 0.1) is 75.9 Å². The van der Waals surface area contributed by atoms with Crippen molar-refractivity contribution in [3.63, 3.8) is 0 Å². The van der Waals surface area contributed by atoms with Gasteiger partial charge >= 0.3 is 18.1 Å². The van der Waals surface area contributed by atoms with Gasteiger partial charge < -0.3 is 81.7 Å². The van der Waals surface area contributed by atoms with Crippen LogP contribution in [0, 0.1) is 40.4 Å². The number of anilines is 3. The number of amides is 11. The second kappa shape index (κ2) is 40.7. The zero-order chi connectivity index (χ0) is 83.2. The molecule has 0 radical (unpaired) electrons. The lowest BCUT2D eigenvalue weighted by Crippen LogP contribution is -2.60. The lowest BCUT2D eigenvalue weighted by Gasteiger charge is -2.56. The van der Waals surface area contributed by atoms with Crippen molar-refractivity contribution in [3.8, 4) is 17.6 Å². The molecule has 28 heteroatoms. The number of aliphatic carboxylic acids is 1. The quantitative estimate of drug-likeness (QED) is 0.00996. The zero-order valence-electron chi connectivity index (χ0n) is 67.3. The number of rotatable bonds is 38. The van der Waals surface area contributed by atoms with Crippen LogP contribution in [0.1, 0.15) is 182 Å². The molecule has 5 aromatic rings. The second-order valence-corrected chi connectivity index (χ2v) is 32.2. The Bertz CT molecular complexity index is 4450. The van der Waals surface area contributed by atoms with E-state index in [0.29, 0.717) is 67.9 Å². The number of alkyl carbamates (subject to hydrolysis) is 1. The van der Waals surface area contributed by atoms with Crippen LogP contribution >= 0.6 is 0 Å². The number of carboxylic acid groups (broad SMARTS) is 1. The molecule has 10 rings (SSSR count). The summed E-state index contributed by atoms with van der Waals surface area (Å²) in [6.45, 7) is 14.1. The van der Waals surface area contributed by atoms with Crippen molar-refractivity contribution < 1.29 is 86.6 Å². The average Bonchev–Trinajstić information content (AvgIpc) is 0.721. The van der Waals surface area contributed by atoms with Gasteiger partial charge in [-0.1, -0.05) is 121 Å². The number of hydrogen-bond acceptors (Lipinski definition) is 17. The van der Waals surface area contributed by atoms with Crippen LogP contribution < -0.4 is 53.2 Å². The van der Waals surface area contributed by atoms with Crippen molar-refractivity contribution >= 4 is 82.4 Å². The van der Waals surface area contributed by atoms with Gasteiger partial charge in [0.2, 0.25) is 47.3 Å². The largest absolute Gasteiger partial charge is 0.508 e. The highest BCUT2D eigenvalue weighted by atomic mass is 16.6. The van der Waals surface area contributed by atoms with Gasteiger partial charge in [0, 0.05) is 61.3 Å². The molecule has 5 aliphatic rings. The third kappa shape index (κ3) is 22.7. The molecule has 1 unspecified atom stereocenters. The fraction of sp³-hybridized carbons (Fsp3) is 0.511. The first-order chi connectivity index (χ1) is 55.6. The van der Waals surface area contributed by atoms with Crippen molar-refractivity contribution in [3.05, 3.63) is 154 Å². The number of nitrogens with one attached hydrogen (secondary N) is 8. The molecule has 622 valence electrons. The summed E-state index contributed by atoms with van der Waals surface area (Å²) in [7, 11) is 0. The summed E-state index contributed by atoms with van der Waals surface area (Å²) in [6, 6.07) is 28.3. The number of urea groups is 1. The number of ether oxygens (including phenoxy) is 5. The number of para-hydroxylation sites is 1.